The van der Waals surface area contributed by atoms with Crippen LogP contribution in [0.1, 0.15) is 11.1 Å². The minimum Gasteiger partial charge on any atom is -0.469 e. The Balaban J connectivity index is 2.67. The van der Waals surface area contributed by atoms with Gasteiger partial charge in [-0.05, 0) is 30.7 Å². The Labute approximate surface area is 108 Å². The monoisotopic (exact) mass is 266 g/mol. The van der Waals surface area contributed by atoms with Gasteiger partial charge in [0.05, 0.1) is 19.1 Å². The molecule has 0 saturated heterocycles. The number of halogens is 1. The zero-order valence-electron chi connectivity index (χ0n) is 9.95. The van der Waals surface area contributed by atoms with E-state index >= 15 is 0 Å². The Hall–Kier alpha value is -1.81. The van der Waals surface area contributed by atoms with E-state index < -0.39 is 11.6 Å². The number of benzene rings is 1. The molecule has 0 fully saturated rings. The van der Waals surface area contributed by atoms with Crippen molar-refractivity contribution in [2.24, 2.45) is 0 Å². The van der Waals surface area contributed by atoms with E-state index in [1.165, 1.54) is 7.11 Å². The van der Waals surface area contributed by atoms with E-state index in [2.05, 4.69) is 4.74 Å². The molecule has 0 saturated carbocycles. The molecule has 0 bridgehead atoms. The van der Waals surface area contributed by atoms with Crippen LogP contribution in [0.15, 0.2) is 27.4 Å². The highest BCUT2D eigenvalue weighted by molar-refractivity contribution is 6.31. The summed E-state index contributed by atoms with van der Waals surface area (Å²) in [4.78, 5) is 23.0. The Morgan fingerprint density at radius 1 is 1.44 bits per heavy atom. The lowest BCUT2D eigenvalue weighted by Crippen LogP contribution is -2.16. The Morgan fingerprint density at radius 3 is 2.83 bits per heavy atom. The molecule has 0 amide bonds. The molecular formula is C13H11ClO4. The van der Waals surface area contributed by atoms with Crippen LogP contribution in [-0.4, -0.2) is 13.1 Å². The lowest BCUT2D eigenvalue weighted by molar-refractivity contribution is -0.139. The van der Waals surface area contributed by atoms with Crippen molar-refractivity contribution in [3.8, 4) is 0 Å². The maximum Gasteiger partial charge on any atom is 0.340 e. The summed E-state index contributed by atoms with van der Waals surface area (Å²) in [5.41, 5.74) is 0.925. The van der Waals surface area contributed by atoms with Crippen molar-refractivity contribution in [1.82, 2.24) is 0 Å². The molecule has 5 heteroatoms. The van der Waals surface area contributed by atoms with Gasteiger partial charge in [0.25, 0.3) is 0 Å². The minimum absolute atomic E-state index is 0.104. The van der Waals surface area contributed by atoms with E-state index in [0.717, 1.165) is 5.39 Å². The van der Waals surface area contributed by atoms with Crippen LogP contribution < -0.4 is 5.63 Å². The summed E-state index contributed by atoms with van der Waals surface area (Å²) >= 11 is 5.90. The highest BCUT2D eigenvalue weighted by Crippen LogP contribution is 2.23. The first-order valence-electron chi connectivity index (χ1n) is 5.31. The molecule has 2 aromatic rings. The smallest absolute Gasteiger partial charge is 0.340 e. The number of ether oxygens (including phenoxy) is 1. The van der Waals surface area contributed by atoms with Crippen molar-refractivity contribution >= 4 is 28.5 Å². The Morgan fingerprint density at radius 2 is 2.17 bits per heavy atom. The van der Waals surface area contributed by atoms with Crippen LogP contribution in [0.2, 0.25) is 5.02 Å². The van der Waals surface area contributed by atoms with Crippen LogP contribution in [0.4, 0.5) is 0 Å². The number of rotatable bonds is 2. The Kier molecular flexibility index (Phi) is 3.39. The summed E-state index contributed by atoms with van der Waals surface area (Å²) in [6.45, 7) is 1.76. The van der Waals surface area contributed by atoms with Gasteiger partial charge in [0, 0.05) is 10.4 Å². The number of methoxy groups -OCH3 is 1. The summed E-state index contributed by atoms with van der Waals surface area (Å²) in [6, 6.07) is 4.98. The first-order chi connectivity index (χ1) is 8.52. The van der Waals surface area contributed by atoms with Crippen molar-refractivity contribution in [3.05, 3.63) is 44.8 Å². The van der Waals surface area contributed by atoms with Gasteiger partial charge >= 0.3 is 11.6 Å². The molecule has 0 atom stereocenters. The van der Waals surface area contributed by atoms with Gasteiger partial charge in [-0.3, -0.25) is 4.79 Å². The average Bonchev–Trinajstić information content (AvgIpc) is 2.35. The second kappa shape index (κ2) is 4.82. The van der Waals surface area contributed by atoms with E-state index in [-0.39, 0.29) is 6.42 Å². The van der Waals surface area contributed by atoms with Gasteiger partial charge < -0.3 is 9.15 Å². The van der Waals surface area contributed by atoms with Gasteiger partial charge in [-0.1, -0.05) is 11.6 Å². The fourth-order valence-electron chi connectivity index (χ4n) is 1.78. The second-order valence-electron chi connectivity index (χ2n) is 3.89. The lowest BCUT2D eigenvalue weighted by Gasteiger charge is -2.06. The molecule has 4 nitrogen and oxygen atoms in total. The number of hydrogen-bond donors (Lipinski definition) is 0. The van der Waals surface area contributed by atoms with Crippen LogP contribution in [0.5, 0.6) is 0 Å². The third-order valence-electron chi connectivity index (χ3n) is 2.80. The molecule has 0 spiro atoms. The van der Waals surface area contributed by atoms with Gasteiger partial charge in [0.15, 0.2) is 0 Å². The summed E-state index contributed by atoms with van der Waals surface area (Å²) in [5.74, 6) is -0.480. The predicted molar refractivity (Wildman–Crippen MR) is 68.0 cm³/mol. The van der Waals surface area contributed by atoms with Crippen molar-refractivity contribution in [2.45, 2.75) is 13.3 Å². The molecule has 0 N–H and O–H groups in total. The van der Waals surface area contributed by atoms with Gasteiger partial charge in [0.1, 0.15) is 5.58 Å². The molecule has 0 aliphatic carbocycles. The van der Waals surface area contributed by atoms with E-state index in [9.17, 15) is 9.59 Å². The highest BCUT2D eigenvalue weighted by atomic mass is 35.5. The van der Waals surface area contributed by atoms with Crippen molar-refractivity contribution in [1.29, 1.82) is 0 Å². The SMILES string of the molecule is COC(=O)Cc1c(C)c2cc(Cl)ccc2oc1=O. The lowest BCUT2D eigenvalue weighted by atomic mass is 10.0. The van der Waals surface area contributed by atoms with Crippen molar-refractivity contribution in [2.75, 3.05) is 7.11 Å². The molecule has 18 heavy (non-hydrogen) atoms. The quantitative estimate of drug-likeness (QED) is 0.619. The summed E-state index contributed by atoms with van der Waals surface area (Å²) in [6.07, 6.45) is -0.104. The zero-order chi connectivity index (χ0) is 13.3. The third-order valence-corrected chi connectivity index (χ3v) is 3.03. The van der Waals surface area contributed by atoms with Crippen LogP contribution >= 0.6 is 11.6 Å². The van der Waals surface area contributed by atoms with Crippen molar-refractivity contribution in [3.63, 3.8) is 0 Å². The maximum atomic E-state index is 11.8. The Bertz CT molecular complexity index is 672. The van der Waals surface area contributed by atoms with Gasteiger partial charge in [-0.15, -0.1) is 0 Å². The molecule has 0 aliphatic heterocycles. The van der Waals surface area contributed by atoms with Crippen molar-refractivity contribution < 1.29 is 13.9 Å². The number of hydrogen-bond acceptors (Lipinski definition) is 4. The van der Waals surface area contributed by atoms with Crippen LogP contribution in [-0.2, 0) is 16.0 Å². The number of aryl methyl sites for hydroxylation is 1. The number of carbonyl (C=O) groups excluding carboxylic acids is 1. The minimum atomic E-state index is -0.521. The average molecular weight is 267 g/mol. The first kappa shape index (κ1) is 12.6. The standard InChI is InChI=1S/C13H11ClO4/c1-7-9-5-8(14)3-4-11(9)18-13(16)10(7)6-12(15)17-2/h3-5H,6H2,1-2H3. The van der Waals surface area contributed by atoms with Gasteiger partial charge in [-0.25, -0.2) is 4.79 Å². The summed E-state index contributed by atoms with van der Waals surface area (Å²) < 4.78 is 9.71. The summed E-state index contributed by atoms with van der Waals surface area (Å²) in [7, 11) is 1.28. The maximum absolute atomic E-state index is 11.8. The molecule has 0 unspecified atom stereocenters. The van der Waals surface area contributed by atoms with Crippen LogP contribution in [0, 0.1) is 6.92 Å². The normalized spacial score (nSPS) is 10.6. The van der Waals surface area contributed by atoms with E-state index in [1.807, 2.05) is 0 Å². The molecular weight excluding hydrogens is 256 g/mol. The molecule has 0 aliphatic rings. The molecule has 94 valence electrons. The molecule has 1 aromatic heterocycles. The summed E-state index contributed by atoms with van der Waals surface area (Å²) in [5, 5.41) is 1.27. The topological polar surface area (TPSA) is 56.5 Å². The largest absolute Gasteiger partial charge is 0.469 e. The fourth-order valence-corrected chi connectivity index (χ4v) is 1.95. The third kappa shape index (κ3) is 2.24. The number of esters is 1. The fraction of sp³-hybridized carbons (Fsp3) is 0.231. The van der Waals surface area contributed by atoms with Crippen LogP contribution in [0.25, 0.3) is 11.0 Å². The second-order valence-corrected chi connectivity index (χ2v) is 4.32. The van der Waals surface area contributed by atoms with E-state index in [1.54, 1.807) is 25.1 Å². The van der Waals surface area contributed by atoms with Gasteiger partial charge in [-0.2, -0.15) is 0 Å². The molecule has 1 aromatic carbocycles. The first-order valence-corrected chi connectivity index (χ1v) is 5.69. The van der Waals surface area contributed by atoms with Crippen LogP contribution in [0.3, 0.4) is 0 Å². The van der Waals surface area contributed by atoms with Gasteiger partial charge in [0.2, 0.25) is 0 Å². The highest BCUT2D eigenvalue weighted by Gasteiger charge is 2.15. The molecule has 1 heterocycles. The molecule has 0 radical (unpaired) electrons. The number of carbonyl (C=O) groups is 1. The molecule has 2 rings (SSSR count). The zero-order valence-corrected chi connectivity index (χ0v) is 10.7. The number of fused-ring (bicyclic) bond motifs is 1. The van der Waals surface area contributed by atoms with E-state index in [4.69, 9.17) is 16.0 Å². The predicted octanol–water partition coefficient (Wildman–Crippen LogP) is 2.47. The van der Waals surface area contributed by atoms with E-state index in [0.29, 0.717) is 21.7 Å².